The van der Waals surface area contributed by atoms with Crippen molar-refractivity contribution < 1.29 is 4.74 Å². The monoisotopic (exact) mass is 287 g/mol. The largest absolute Gasteiger partial charge is 0.377 e. The van der Waals surface area contributed by atoms with Crippen molar-refractivity contribution in [2.75, 3.05) is 33.8 Å². The Hall–Kier alpha value is -1.41. The SMILES string of the molecule is CNC(C#N)(CCN(C)CC1CCCO1)c1ccccc1. The molecule has 1 fully saturated rings. The highest BCUT2D eigenvalue weighted by molar-refractivity contribution is 5.31. The molecule has 1 aliphatic rings. The van der Waals surface area contributed by atoms with Crippen LogP contribution in [-0.4, -0.2) is 44.8 Å². The van der Waals surface area contributed by atoms with E-state index in [0.717, 1.165) is 38.1 Å². The van der Waals surface area contributed by atoms with Crippen LogP contribution in [0.15, 0.2) is 30.3 Å². The molecule has 1 saturated heterocycles. The molecule has 1 aromatic carbocycles. The first-order valence-electron chi connectivity index (χ1n) is 7.66. The number of hydrogen-bond donors (Lipinski definition) is 1. The van der Waals surface area contributed by atoms with Crippen LogP contribution in [0.4, 0.5) is 0 Å². The van der Waals surface area contributed by atoms with Crippen LogP contribution in [0.2, 0.25) is 0 Å². The zero-order valence-corrected chi connectivity index (χ0v) is 13.0. The smallest absolute Gasteiger partial charge is 0.133 e. The molecule has 21 heavy (non-hydrogen) atoms. The van der Waals surface area contributed by atoms with E-state index in [4.69, 9.17) is 4.74 Å². The van der Waals surface area contributed by atoms with Crippen LogP contribution in [0.1, 0.15) is 24.8 Å². The number of benzene rings is 1. The summed E-state index contributed by atoms with van der Waals surface area (Å²) >= 11 is 0. The van der Waals surface area contributed by atoms with Gasteiger partial charge in [0.25, 0.3) is 0 Å². The average molecular weight is 287 g/mol. The lowest BCUT2D eigenvalue weighted by molar-refractivity contribution is 0.0792. The third-order valence-corrected chi connectivity index (χ3v) is 4.29. The van der Waals surface area contributed by atoms with Gasteiger partial charge in [0.1, 0.15) is 5.54 Å². The fourth-order valence-corrected chi connectivity index (χ4v) is 2.90. The van der Waals surface area contributed by atoms with E-state index in [1.165, 1.54) is 6.42 Å². The maximum Gasteiger partial charge on any atom is 0.133 e. The molecule has 0 spiro atoms. The van der Waals surface area contributed by atoms with Gasteiger partial charge in [-0.05, 0) is 38.9 Å². The van der Waals surface area contributed by atoms with Crippen LogP contribution in [-0.2, 0) is 10.3 Å². The first-order valence-corrected chi connectivity index (χ1v) is 7.66. The molecule has 2 rings (SSSR count). The molecular weight excluding hydrogens is 262 g/mol. The van der Waals surface area contributed by atoms with Crippen LogP contribution in [0.5, 0.6) is 0 Å². The van der Waals surface area contributed by atoms with Crippen molar-refractivity contribution in [1.29, 1.82) is 5.26 Å². The Bertz CT molecular complexity index is 465. The van der Waals surface area contributed by atoms with Crippen LogP contribution in [0, 0.1) is 11.3 Å². The van der Waals surface area contributed by atoms with Crippen molar-refractivity contribution in [1.82, 2.24) is 10.2 Å². The van der Waals surface area contributed by atoms with E-state index in [2.05, 4.69) is 23.3 Å². The Morgan fingerprint density at radius 2 is 2.19 bits per heavy atom. The van der Waals surface area contributed by atoms with Crippen molar-refractivity contribution in [2.24, 2.45) is 0 Å². The Morgan fingerprint density at radius 1 is 1.43 bits per heavy atom. The Morgan fingerprint density at radius 3 is 2.76 bits per heavy atom. The number of ether oxygens (including phenoxy) is 1. The van der Waals surface area contributed by atoms with Gasteiger partial charge in [0, 0.05) is 19.7 Å². The Kier molecular flexibility index (Phi) is 5.75. The van der Waals surface area contributed by atoms with Crippen molar-refractivity contribution in [3.05, 3.63) is 35.9 Å². The van der Waals surface area contributed by atoms with E-state index in [1.807, 2.05) is 37.4 Å². The predicted octanol–water partition coefficient (Wildman–Crippen LogP) is 2.13. The van der Waals surface area contributed by atoms with Gasteiger partial charge in [-0.15, -0.1) is 0 Å². The van der Waals surface area contributed by atoms with Gasteiger partial charge in [-0.2, -0.15) is 5.26 Å². The second-order valence-electron chi connectivity index (χ2n) is 5.78. The summed E-state index contributed by atoms with van der Waals surface area (Å²) in [7, 11) is 3.96. The van der Waals surface area contributed by atoms with E-state index in [0.29, 0.717) is 6.10 Å². The zero-order chi connectivity index (χ0) is 15.1. The van der Waals surface area contributed by atoms with E-state index < -0.39 is 5.54 Å². The minimum Gasteiger partial charge on any atom is -0.377 e. The van der Waals surface area contributed by atoms with Gasteiger partial charge in [0.05, 0.1) is 12.2 Å². The lowest BCUT2D eigenvalue weighted by Gasteiger charge is -2.29. The quantitative estimate of drug-likeness (QED) is 0.834. The average Bonchev–Trinajstić information content (AvgIpc) is 3.03. The number of nitrogens with one attached hydrogen (secondary N) is 1. The molecule has 0 radical (unpaired) electrons. The number of nitriles is 1. The van der Waals surface area contributed by atoms with E-state index in [1.54, 1.807) is 0 Å². The first-order chi connectivity index (χ1) is 10.2. The summed E-state index contributed by atoms with van der Waals surface area (Å²) in [5, 5.41) is 12.9. The molecule has 0 bridgehead atoms. The summed E-state index contributed by atoms with van der Waals surface area (Å²) in [5.41, 5.74) is 0.409. The number of hydrogen-bond acceptors (Lipinski definition) is 4. The molecule has 114 valence electrons. The molecule has 1 heterocycles. The van der Waals surface area contributed by atoms with Gasteiger partial charge < -0.3 is 9.64 Å². The molecule has 1 aromatic rings. The lowest BCUT2D eigenvalue weighted by atomic mass is 9.88. The van der Waals surface area contributed by atoms with Gasteiger partial charge in [-0.1, -0.05) is 30.3 Å². The number of nitrogens with zero attached hydrogens (tertiary/aromatic N) is 2. The molecular formula is C17H25N3O. The van der Waals surface area contributed by atoms with Gasteiger partial charge in [-0.3, -0.25) is 5.32 Å². The molecule has 1 aliphatic heterocycles. The van der Waals surface area contributed by atoms with Gasteiger partial charge in [0.2, 0.25) is 0 Å². The number of rotatable bonds is 7. The highest BCUT2D eigenvalue weighted by atomic mass is 16.5. The van der Waals surface area contributed by atoms with E-state index >= 15 is 0 Å². The predicted molar refractivity (Wildman–Crippen MR) is 83.9 cm³/mol. The lowest BCUT2D eigenvalue weighted by Crippen LogP contribution is -2.42. The molecule has 0 aliphatic carbocycles. The fourth-order valence-electron chi connectivity index (χ4n) is 2.90. The minimum absolute atomic E-state index is 0.359. The van der Waals surface area contributed by atoms with Gasteiger partial charge in [-0.25, -0.2) is 0 Å². The highest BCUT2D eigenvalue weighted by Gasteiger charge is 2.30. The summed E-state index contributed by atoms with van der Waals surface area (Å²) in [5.74, 6) is 0. The second-order valence-corrected chi connectivity index (χ2v) is 5.78. The zero-order valence-electron chi connectivity index (χ0n) is 13.0. The Balaban J connectivity index is 1.95. The van der Waals surface area contributed by atoms with Gasteiger partial charge >= 0.3 is 0 Å². The minimum atomic E-state index is -0.619. The van der Waals surface area contributed by atoms with E-state index in [9.17, 15) is 5.26 Å². The second kappa shape index (κ2) is 7.56. The molecule has 4 nitrogen and oxygen atoms in total. The molecule has 0 saturated carbocycles. The molecule has 1 N–H and O–H groups in total. The highest BCUT2D eigenvalue weighted by Crippen LogP contribution is 2.24. The number of likely N-dealkylation sites (N-methyl/N-ethyl adjacent to an activating group) is 1. The topological polar surface area (TPSA) is 48.3 Å². The normalized spacial score (nSPS) is 21.1. The van der Waals surface area contributed by atoms with Gasteiger partial charge in [0.15, 0.2) is 0 Å². The van der Waals surface area contributed by atoms with E-state index in [-0.39, 0.29) is 0 Å². The molecule has 2 unspecified atom stereocenters. The standard InChI is InChI=1S/C17H25N3O/c1-19-17(14-18,15-7-4-3-5-8-15)10-11-20(2)13-16-9-6-12-21-16/h3-5,7-8,16,19H,6,9-13H2,1-2H3. The van der Waals surface area contributed by atoms with Crippen molar-refractivity contribution >= 4 is 0 Å². The first kappa shape index (κ1) is 16.0. The maximum atomic E-state index is 9.67. The van der Waals surface area contributed by atoms with Crippen molar-refractivity contribution in [2.45, 2.75) is 30.9 Å². The van der Waals surface area contributed by atoms with Crippen LogP contribution in [0.3, 0.4) is 0 Å². The molecule has 4 heteroatoms. The van der Waals surface area contributed by atoms with Crippen molar-refractivity contribution in [3.8, 4) is 6.07 Å². The maximum absolute atomic E-state index is 9.67. The summed E-state index contributed by atoms with van der Waals surface area (Å²) in [6.07, 6.45) is 3.44. The molecule has 0 aromatic heterocycles. The van der Waals surface area contributed by atoms with Crippen LogP contribution >= 0.6 is 0 Å². The fraction of sp³-hybridized carbons (Fsp3) is 0.588. The Labute approximate surface area is 127 Å². The van der Waals surface area contributed by atoms with Crippen LogP contribution < -0.4 is 5.32 Å². The summed E-state index contributed by atoms with van der Waals surface area (Å²) in [4.78, 5) is 2.27. The molecule has 0 amide bonds. The molecule has 2 atom stereocenters. The summed E-state index contributed by atoms with van der Waals surface area (Å²) < 4.78 is 5.67. The summed E-state index contributed by atoms with van der Waals surface area (Å²) in [6.45, 7) is 2.70. The van der Waals surface area contributed by atoms with Crippen molar-refractivity contribution in [3.63, 3.8) is 0 Å². The van der Waals surface area contributed by atoms with Crippen LogP contribution in [0.25, 0.3) is 0 Å². The third-order valence-electron chi connectivity index (χ3n) is 4.29. The summed E-state index contributed by atoms with van der Waals surface area (Å²) in [6, 6.07) is 12.4. The third kappa shape index (κ3) is 4.04.